The summed E-state index contributed by atoms with van der Waals surface area (Å²) in [6.45, 7) is 2.26. The Hall–Kier alpha value is -1.84. The van der Waals surface area contributed by atoms with E-state index >= 15 is 0 Å². The van der Waals surface area contributed by atoms with Gasteiger partial charge in [-0.1, -0.05) is 18.6 Å². The predicted molar refractivity (Wildman–Crippen MR) is 144 cm³/mol. The van der Waals surface area contributed by atoms with Crippen molar-refractivity contribution in [1.29, 1.82) is 0 Å². The Labute approximate surface area is 210 Å². The van der Waals surface area contributed by atoms with Crippen molar-refractivity contribution in [2.24, 2.45) is 0 Å². The van der Waals surface area contributed by atoms with Gasteiger partial charge in [0.1, 0.15) is 0 Å². The highest BCUT2D eigenvalue weighted by Gasteiger charge is 2.24. The molecule has 2 amide bonds. The monoisotopic (exact) mass is 604 g/mol. The summed E-state index contributed by atoms with van der Waals surface area (Å²) in [5, 5.41) is 7.07. The molecule has 5 rings (SSSR count). The van der Waals surface area contributed by atoms with Crippen LogP contribution in [0.15, 0.2) is 53.1 Å². The van der Waals surface area contributed by atoms with Crippen molar-refractivity contribution < 1.29 is 4.79 Å². The number of anilines is 2. The molecule has 1 atom stereocenters. The van der Waals surface area contributed by atoms with Gasteiger partial charge < -0.3 is 15.6 Å². The average Bonchev–Trinajstić information content (AvgIpc) is 3.08. The smallest absolute Gasteiger partial charge is 0.323 e. The molecule has 0 radical (unpaired) electrons. The van der Waals surface area contributed by atoms with Crippen LogP contribution in [0.4, 0.5) is 16.2 Å². The van der Waals surface area contributed by atoms with Crippen molar-refractivity contribution >= 4 is 72.4 Å². The summed E-state index contributed by atoms with van der Waals surface area (Å²) >= 11 is 5.78. The number of aromatic nitrogens is 1. The molecule has 0 spiro atoms. The standard InChI is InChI=1S/C25H26BrIN4O/c26-24-21(27)5-3-6-23(24)30-25(32)29-17-8-10-22-19(14-17)20(15-28-22)16-7-9-18-4-1-2-12-31(18)13-11-16/h3,5-6,8,10-11,14-15,18,28H,1-2,4,7,9,12-13H2,(H2,29,30,32). The fourth-order valence-corrected chi connectivity index (χ4v) is 5.73. The normalized spacial score (nSPS) is 19.2. The van der Waals surface area contributed by atoms with Crippen molar-refractivity contribution in [3.8, 4) is 0 Å². The number of piperidine rings is 1. The molecule has 3 aromatic rings. The molecule has 1 unspecified atom stereocenters. The van der Waals surface area contributed by atoms with Gasteiger partial charge in [0.2, 0.25) is 0 Å². The highest BCUT2D eigenvalue weighted by molar-refractivity contribution is 14.1. The van der Waals surface area contributed by atoms with E-state index in [1.807, 2.05) is 30.3 Å². The Morgan fingerprint density at radius 1 is 1.16 bits per heavy atom. The Bertz CT molecular complexity index is 1190. The van der Waals surface area contributed by atoms with Crippen molar-refractivity contribution in [1.82, 2.24) is 9.88 Å². The molecule has 2 aromatic carbocycles. The number of halogens is 2. The molecule has 1 aromatic heterocycles. The third kappa shape index (κ3) is 4.61. The number of amides is 2. The molecule has 0 bridgehead atoms. The quantitative estimate of drug-likeness (QED) is 0.277. The third-order valence-electron chi connectivity index (χ3n) is 6.55. The average molecular weight is 605 g/mol. The molecule has 2 aliphatic heterocycles. The number of nitrogens with zero attached hydrogens (tertiary/aromatic N) is 1. The third-order valence-corrected chi connectivity index (χ3v) is 9.05. The van der Waals surface area contributed by atoms with Crippen LogP contribution in [-0.4, -0.2) is 35.0 Å². The Morgan fingerprint density at radius 3 is 2.97 bits per heavy atom. The summed E-state index contributed by atoms with van der Waals surface area (Å²) in [7, 11) is 0. The number of carbonyl (C=O) groups is 1. The number of urea groups is 1. The molecule has 0 aliphatic carbocycles. The van der Waals surface area contributed by atoms with Gasteiger partial charge in [0, 0.05) is 44.5 Å². The lowest BCUT2D eigenvalue weighted by Crippen LogP contribution is -2.38. The van der Waals surface area contributed by atoms with Crippen LogP contribution < -0.4 is 10.6 Å². The lowest BCUT2D eigenvalue weighted by atomic mass is 9.95. The molecule has 7 heteroatoms. The number of nitrogens with one attached hydrogen (secondary N) is 3. The van der Waals surface area contributed by atoms with Gasteiger partial charge in [-0.25, -0.2) is 4.79 Å². The number of fused-ring (bicyclic) bond motifs is 2. The molecule has 166 valence electrons. The fraction of sp³-hybridized carbons (Fsp3) is 0.320. The minimum absolute atomic E-state index is 0.255. The highest BCUT2D eigenvalue weighted by atomic mass is 127. The summed E-state index contributed by atoms with van der Waals surface area (Å²) < 4.78 is 1.93. The van der Waals surface area contributed by atoms with Gasteiger partial charge in [-0.3, -0.25) is 4.90 Å². The zero-order valence-electron chi connectivity index (χ0n) is 17.8. The molecule has 3 N–H and O–H groups in total. The van der Waals surface area contributed by atoms with Crippen LogP contribution in [-0.2, 0) is 0 Å². The van der Waals surface area contributed by atoms with E-state index in [9.17, 15) is 4.79 Å². The summed E-state index contributed by atoms with van der Waals surface area (Å²) in [6, 6.07) is 12.3. The number of hydrogen-bond acceptors (Lipinski definition) is 2. The van der Waals surface area contributed by atoms with Gasteiger partial charge in [0.25, 0.3) is 0 Å². The minimum Gasteiger partial charge on any atom is -0.361 e. The zero-order chi connectivity index (χ0) is 22.1. The second-order valence-electron chi connectivity index (χ2n) is 8.56. The van der Waals surface area contributed by atoms with E-state index in [1.165, 1.54) is 43.4 Å². The van der Waals surface area contributed by atoms with E-state index in [0.29, 0.717) is 0 Å². The predicted octanol–water partition coefficient (Wildman–Crippen LogP) is 7.21. The van der Waals surface area contributed by atoms with Crippen molar-refractivity contribution in [3.05, 3.63) is 62.3 Å². The molecule has 2 aliphatic rings. The van der Waals surface area contributed by atoms with E-state index in [1.54, 1.807) is 0 Å². The first-order valence-electron chi connectivity index (χ1n) is 11.1. The second kappa shape index (κ2) is 9.57. The number of allylic oxidation sites excluding steroid dienone is 1. The first-order valence-corrected chi connectivity index (χ1v) is 13.0. The number of benzene rings is 2. The van der Waals surface area contributed by atoms with Crippen molar-refractivity contribution in [3.63, 3.8) is 0 Å². The number of carbonyl (C=O) groups excluding carboxylic acids is 1. The maximum absolute atomic E-state index is 12.6. The van der Waals surface area contributed by atoms with E-state index < -0.39 is 0 Å². The van der Waals surface area contributed by atoms with Crippen LogP contribution in [0.3, 0.4) is 0 Å². The van der Waals surface area contributed by atoms with Crippen LogP contribution in [0.1, 0.15) is 37.7 Å². The molecule has 0 saturated carbocycles. The first-order chi connectivity index (χ1) is 15.6. The van der Waals surface area contributed by atoms with E-state index in [0.717, 1.165) is 49.3 Å². The van der Waals surface area contributed by atoms with Crippen LogP contribution >= 0.6 is 38.5 Å². The first kappa shape index (κ1) is 22.0. The van der Waals surface area contributed by atoms with Gasteiger partial charge in [0.15, 0.2) is 0 Å². The number of hydrogen-bond donors (Lipinski definition) is 3. The molecule has 3 heterocycles. The second-order valence-corrected chi connectivity index (χ2v) is 10.5. The van der Waals surface area contributed by atoms with Gasteiger partial charge in [0.05, 0.1) is 10.2 Å². The summed E-state index contributed by atoms with van der Waals surface area (Å²) in [5.74, 6) is 0. The van der Waals surface area contributed by atoms with E-state index in [2.05, 4.69) is 77.4 Å². The number of rotatable bonds is 3. The number of H-pyrrole nitrogens is 1. The van der Waals surface area contributed by atoms with Gasteiger partial charge in [-0.05, 0) is 107 Å². The summed E-state index contributed by atoms with van der Waals surface area (Å²) in [5.41, 5.74) is 5.29. The molecule has 5 nitrogen and oxygen atoms in total. The minimum atomic E-state index is -0.255. The van der Waals surface area contributed by atoms with Crippen LogP contribution in [0.2, 0.25) is 0 Å². The Morgan fingerprint density at radius 2 is 2.06 bits per heavy atom. The molecule has 1 saturated heterocycles. The maximum Gasteiger partial charge on any atom is 0.323 e. The summed E-state index contributed by atoms with van der Waals surface area (Å²) in [6.07, 6.45) is 10.9. The Balaban J connectivity index is 1.35. The highest BCUT2D eigenvalue weighted by Crippen LogP contribution is 2.34. The largest absolute Gasteiger partial charge is 0.361 e. The van der Waals surface area contributed by atoms with Gasteiger partial charge in [-0.2, -0.15) is 0 Å². The topological polar surface area (TPSA) is 60.2 Å². The van der Waals surface area contributed by atoms with Crippen LogP contribution in [0, 0.1) is 3.57 Å². The maximum atomic E-state index is 12.6. The molecule has 1 fully saturated rings. The fourth-order valence-electron chi connectivity index (χ4n) is 4.87. The van der Waals surface area contributed by atoms with E-state index in [4.69, 9.17) is 0 Å². The van der Waals surface area contributed by atoms with Crippen molar-refractivity contribution in [2.75, 3.05) is 23.7 Å². The molecular weight excluding hydrogens is 579 g/mol. The van der Waals surface area contributed by atoms with Crippen LogP contribution in [0.25, 0.3) is 16.5 Å². The van der Waals surface area contributed by atoms with Gasteiger partial charge >= 0.3 is 6.03 Å². The molecule has 32 heavy (non-hydrogen) atoms. The van der Waals surface area contributed by atoms with E-state index in [-0.39, 0.29) is 6.03 Å². The molecular formula is C25H26BrIN4O. The SMILES string of the molecule is O=C(Nc1ccc2[nH]cc(C3=CCN4CCCCC4CC3)c2c1)Nc1cccc(I)c1Br. The van der Waals surface area contributed by atoms with Crippen molar-refractivity contribution in [2.45, 2.75) is 38.1 Å². The number of aromatic amines is 1. The van der Waals surface area contributed by atoms with Crippen LogP contribution in [0.5, 0.6) is 0 Å². The van der Waals surface area contributed by atoms with Gasteiger partial charge in [-0.15, -0.1) is 0 Å². The lowest BCUT2D eigenvalue weighted by Gasteiger charge is -2.33. The Kier molecular flexibility index (Phi) is 6.57. The zero-order valence-corrected chi connectivity index (χ0v) is 21.5. The summed E-state index contributed by atoms with van der Waals surface area (Å²) in [4.78, 5) is 18.7. The lowest BCUT2D eigenvalue weighted by molar-refractivity contribution is 0.161.